The lowest BCUT2D eigenvalue weighted by atomic mass is 9.66. The third kappa shape index (κ3) is 6.11. The number of carbonyl (C=O) groups excluding carboxylic acids is 2. The van der Waals surface area contributed by atoms with E-state index in [1.54, 1.807) is 30.3 Å². The fourth-order valence-corrected chi connectivity index (χ4v) is 5.58. The summed E-state index contributed by atoms with van der Waals surface area (Å²) in [6.07, 6.45) is -8.60. The van der Waals surface area contributed by atoms with Crippen LogP contribution in [0.3, 0.4) is 0 Å². The van der Waals surface area contributed by atoms with Gasteiger partial charge in [-0.1, -0.05) is 18.2 Å². The van der Waals surface area contributed by atoms with Crippen molar-refractivity contribution in [3.05, 3.63) is 30.3 Å². The van der Waals surface area contributed by atoms with E-state index in [0.717, 1.165) is 0 Å². The summed E-state index contributed by atoms with van der Waals surface area (Å²) in [4.78, 5) is 25.4. The number of hydrogen-bond donors (Lipinski definition) is 1. The lowest BCUT2D eigenvalue weighted by molar-refractivity contribution is -0.263. The molecule has 1 aromatic carbocycles. The summed E-state index contributed by atoms with van der Waals surface area (Å²) < 4.78 is 107. The first-order chi connectivity index (χ1) is 16.0. The smallest absolute Gasteiger partial charge is 0.432 e. The molecule has 2 bridgehead atoms. The molecule has 5 unspecified atom stereocenters. The van der Waals surface area contributed by atoms with Gasteiger partial charge >= 0.3 is 33.5 Å². The van der Waals surface area contributed by atoms with Gasteiger partial charge in [0.15, 0.2) is 0 Å². The van der Waals surface area contributed by atoms with Crippen molar-refractivity contribution in [3.8, 4) is 5.75 Å². The Morgan fingerprint density at radius 2 is 1.63 bits per heavy atom. The molecule has 0 aliphatic heterocycles. The average Bonchev–Trinajstić information content (AvgIpc) is 2.88. The number of benzene rings is 1. The van der Waals surface area contributed by atoms with Gasteiger partial charge in [0.05, 0.1) is 11.3 Å². The molecule has 0 spiro atoms. The van der Waals surface area contributed by atoms with Gasteiger partial charge in [-0.2, -0.15) is 30.4 Å². The third-order valence-electron chi connectivity index (χ3n) is 6.65. The lowest BCUT2D eigenvalue weighted by Gasteiger charge is -2.40. The molecule has 3 rings (SSSR count). The van der Waals surface area contributed by atoms with Crippen molar-refractivity contribution < 1.29 is 54.0 Å². The minimum Gasteiger partial charge on any atom is -0.444 e. The Kier molecular flexibility index (Phi) is 7.52. The summed E-state index contributed by atoms with van der Waals surface area (Å²) in [5.41, 5.74) is -1.62. The van der Waals surface area contributed by atoms with Gasteiger partial charge in [0.1, 0.15) is 5.75 Å². The van der Waals surface area contributed by atoms with Gasteiger partial charge in [0.2, 0.25) is 0 Å². The Morgan fingerprint density at radius 3 is 2.20 bits per heavy atom. The maximum atomic E-state index is 13.9. The van der Waals surface area contributed by atoms with Crippen molar-refractivity contribution in [2.45, 2.75) is 63.0 Å². The van der Waals surface area contributed by atoms with Crippen molar-refractivity contribution in [3.63, 3.8) is 0 Å². The van der Waals surface area contributed by atoms with Crippen molar-refractivity contribution in [2.75, 3.05) is 0 Å². The van der Waals surface area contributed by atoms with Gasteiger partial charge in [0.25, 0.3) is 6.10 Å². The van der Waals surface area contributed by atoms with Crippen molar-refractivity contribution in [2.24, 2.45) is 23.2 Å². The summed E-state index contributed by atoms with van der Waals surface area (Å²) in [5.74, 6) is -2.76. The Morgan fingerprint density at radius 1 is 1.03 bits per heavy atom. The number of halogens is 5. The molecule has 0 amide bonds. The minimum atomic E-state index is -6.53. The molecule has 196 valence electrons. The van der Waals surface area contributed by atoms with Crippen LogP contribution in [0.15, 0.2) is 30.3 Å². The van der Waals surface area contributed by atoms with Crippen LogP contribution in [0, 0.1) is 23.2 Å². The van der Waals surface area contributed by atoms with E-state index >= 15 is 0 Å². The van der Waals surface area contributed by atoms with E-state index in [4.69, 9.17) is 9.29 Å². The quantitative estimate of drug-likeness (QED) is 0.245. The summed E-state index contributed by atoms with van der Waals surface area (Å²) in [5, 5.41) is -5.79. The summed E-state index contributed by atoms with van der Waals surface area (Å²) in [7, 11) is -6.53. The number of para-hydroxylation sites is 1. The number of alkyl halides is 5. The normalized spacial score (nSPS) is 28.5. The first-order valence-electron chi connectivity index (χ1n) is 10.9. The molecule has 2 aliphatic carbocycles. The van der Waals surface area contributed by atoms with E-state index in [1.165, 1.54) is 6.92 Å². The molecule has 0 saturated heterocycles. The molecule has 0 heterocycles. The molecular formula is C22H25F5O7S. The zero-order valence-corrected chi connectivity index (χ0v) is 19.5. The Bertz CT molecular complexity index is 1040. The second-order valence-electron chi connectivity index (χ2n) is 9.54. The van der Waals surface area contributed by atoms with Gasteiger partial charge in [-0.15, -0.1) is 0 Å². The SMILES string of the molecule is CC1(C(=O)OC(C(F)(F)F)C(F)(F)S(=O)(=O)O)CC2CCC(C(=O)Oc3ccccc3)CC(C2)C1. The van der Waals surface area contributed by atoms with Gasteiger partial charge in [0, 0.05) is 0 Å². The second-order valence-corrected chi connectivity index (χ2v) is 11.0. The average molecular weight is 528 g/mol. The maximum Gasteiger partial charge on any atom is 0.432 e. The lowest BCUT2D eigenvalue weighted by Crippen LogP contribution is -2.54. The van der Waals surface area contributed by atoms with Crippen LogP contribution in [0.4, 0.5) is 22.0 Å². The maximum absolute atomic E-state index is 13.9. The van der Waals surface area contributed by atoms with Crippen LogP contribution in [-0.2, 0) is 24.4 Å². The van der Waals surface area contributed by atoms with Crippen LogP contribution < -0.4 is 4.74 Å². The van der Waals surface area contributed by atoms with Crippen molar-refractivity contribution >= 4 is 22.1 Å². The molecule has 13 heteroatoms. The number of hydrogen-bond acceptors (Lipinski definition) is 6. The number of ether oxygens (including phenoxy) is 2. The van der Waals surface area contributed by atoms with Gasteiger partial charge < -0.3 is 9.47 Å². The fraction of sp³-hybridized carbons (Fsp3) is 0.636. The van der Waals surface area contributed by atoms with E-state index in [0.29, 0.717) is 25.0 Å². The third-order valence-corrected chi connectivity index (χ3v) is 7.55. The van der Waals surface area contributed by atoms with Crippen LogP contribution in [0.1, 0.15) is 45.4 Å². The second kappa shape index (κ2) is 9.64. The largest absolute Gasteiger partial charge is 0.444 e. The highest BCUT2D eigenvalue weighted by atomic mass is 32.2. The molecule has 5 atom stereocenters. The van der Waals surface area contributed by atoms with Crippen LogP contribution >= 0.6 is 0 Å². The molecule has 2 fully saturated rings. The van der Waals surface area contributed by atoms with E-state index in [1.807, 2.05) is 0 Å². The van der Waals surface area contributed by atoms with Crippen molar-refractivity contribution in [1.82, 2.24) is 0 Å². The zero-order chi connectivity index (χ0) is 26.2. The van der Waals surface area contributed by atoms with E-state index in [-0.39, 0.29) is 31.1 Å². The Balaban J connectivity index is 1.75. The number of fused-ring (bicyclic) bond motifs is 2. The van der Waals surface area contributed by atoms with Gasteiger partial charge in [-0.25, -0.2) is 0 Å². The number of carbonyl (C=O) groups is 2. The fourth-order valence-electron chi connectivity index (χ4n) is 5.13. The predicted molar refractivity (Wildman–Crippen MR) is 111 cm³/mol. The summed E-state index contributed by atoms with van der Waals surface area (Å²) in [6.45, 7) is 1.27. The van der Waals surface area contributed by atoms with Gasteiger partial charge in [-0.3, -0.25) is 14.1 Å². The van der Waals surface area contributed by atoms with Crippen LogP contribution in [0.5, 0.6) is 5.75 Å². The molecular weight excluding hydrogens is 503 g/mol. The summed E-state index contributed by atoms with van der Waals surface area (Å²) in [6, 6.07) is 8.36. The molecule has 35 heavy (non-hydrogen) atoms. The first-order valence-corrected chi connectivity index (χ1v) is 12.4. The van der Waals surface area contributed by atoms with E-state index < -0.39 is 50.9 Å². The Labute approximate surface area is 198 Å². The number of esters is 2. The zero-order valence-electron chi connectivity index (χ0n) is 18.6. The van der Waals surface area contributed by atoms with Crippen molar-refractivity contribution in [1.29, 1.82) is 0 Å². The predicted octanol–water partition coefficient (Wildman–Crippen LogP) is 4.77. The molecule has 0 aromatic heterocycles. The highest BCUT2D eigenvalue weighted by Crippen LogP contribution is 2.50. The molecule has 0 radical (unpaired) electrons. The van der Waals surface area contributed by atoms with Gasteiger partial charge in [-0.05, 0) is 69.4 Å². The monoisotopic (exact) mass is 528 g/mol. The van der Waals surface area contributed by atoms with E-state index in [2.05, 4.69) is 4.74 Å². The molecule has 1 aromatic rings. The summed E-state index contributed by atoms with van der Waals surface area (Å²) >= 11 is 0. The Hall–Kier alpha value is -2.28. The van der Waals surface area contributed by atoms with Crippen LogP contribution in [-0.4, -0.2) is 42.4 Å². The highest BCUT2D eigenvalue weighted by Gasteiger charge is 2.66. The molecule has 2 aliphatic rings. The molecule has 7 nitrogen and oxygen atoms in total. The molecule has 2 saturated carbocycles. The van der Waals surface area contributed by atoms with Crippen LogP contribution in [0.25, 0.3) is 0 Å². The first kappa shape index (κ1) is 27.3. The van der Waals surface area contributed by atoms with E-state index in [9.17, 15) is 40.0 Å². The number of rotatable bonds is 6. The topological polar surface area (TPSA) is 107 Å². The van der Waals surface area contributed by atoms with Crippen LogP contribution in [0.2, 0.25) is 0 Å². The minimum absolute atomic E-state index is 0.0187. The highest BCUT2D eigenvalue weighted by molar-refractivity contribution is 7.86. The standard InChI is InChI=1S/C22H25F5O7S/c1-20(19(29)34-18(21(23,24)25)22(26,27)35(30,31)32)11-13-7-8-15(10-14(9-13)12-20)17(28)33-16-5-3-2-4-6-16/h2-6,13-15,18H,7-12H2,1H3,(H,30,31,32). The molecule has 1 N–H and O–H groups in total.